The lowest BCUT2D eigenvalue weighted by Gasteiger charge is -2.27. The van der Waals surface area contributed by atoms with E-state index < -0.39 is 53.8 Å². The smallest absolute Gasteiger partial charge is 0.326 e. The average molecular weight is 463 g/mol. The molecule has 7 N–H and O–H groups in total. The number of amides is 3. The topological polar surface area (TPSA) is 188 Å². The Morgan fingerprint density at radius 1 is 0.871 bits per heavy atom. The van der Waals surface area contributed by atoms with Gasteiger partial charge in [-0.25, -0.2) is 4.79 Å². The van der Waals surface area contributed by atoms with Gasteiger partial charge in [0.2, 0.25) is 17.7 Å². The number of thiol groups is 1. The van der Waals surface area contributed by atoms with Crippen LogP contribution in [0.15, 0.2) is 0 Å². The molecule has 178 valence electrons. The highest BCUT2D eigenvalue weighted by Crippen LogP contribution is 2.08. The van der Waals surface area contributed by atoms with E-state index in [-0.39, 0.29) is 36.9 Å². The first-order valence-corrected chi connectivity index (χ1v) is 10.6. The van der Waals surface area contributed by atoms with Gasteiger partial charge in [0.1, 0.15) is 18.1 Å². The molecule has 0 rings (SSSR count). The minimum absolute atomic E-state index is 0.0302. The minimum atomic E-state index is -1.17. The van der Waals surface area contributed by atoms with Crippen molar-refractivity contribution >= 4 is 42.3 Å². The predicted molar refractivity (Wildman–Crippen MR) is 116 cm³/mol. The van der Waals surface area contributed by atoms with Gasteiger partial charge >= 0.3 is 11.9 Å². The number of carboxylic acids is 2. The van der Waals surface area contributed by atoms with Gasteiger partial charge in [-0.2, -0.15) is 12.6 Å². The second kappa shape index (κ2) is 13.9. The van der Waals surface area contributed by atoms with E-state index in [0.717, 1.165) is 0 Å². The zero-order chi connectivity index (χ0) is 24.3. The standard InChI is InChI=1S/C19H34N4O7S/c1-9(2)7-12(19(29)30)21-18(28)15(10(3)4)23-17(27)13(8-31)22-16(26)11(20)5-6-14(24)25/h9-13,15,31H,5-8,20H2,1-4H3,(H,21,28)(H,22,26)(H,23,27)(H,24,25)(H,29,30). The summed E-state index contributed by atoms with van der Waals surface area (Å²) in [6.45, 7) is 7.01. The monoisotopic (exact) mass is 462 g/mol. The van der Waals surface area contributed by atoms with Gasteiger partial charge in [-0.15, -0.1) is 0 Å². The lowest BCUT2D eigenvalue weighted by molar-refractivity contribution is -0.143. The number of hydrogen-bond acceptors (Lipinski definition) is 7. The highest BCUT2D eigenvalue weighted by atomic mass is 32.1. The maximum atomic E-state index is 12.6. The number of nitrogens with two attached hydrogens (primary N) is 1. The second-order valence-electron chi connectivity index (χ2n) is 8.04. The van der Waals surface area contributed by atoms with E-state index in [1.807, 2.05) is 13.8 Å². The van der Waals surface area contributed by atoms with E-state index in [1.54, 1.807) is 13.8 Å². The summed E-state index contributed by atoms with van der Waals surface area (Å²) in [6.07, 6.45) is -0.183. The van der Waals surface area contributed by atoms with Gasteiger partial charge in [0, 0.05) is 12.2 Å². The van der Waals surface area contributed by atoms with Gasteiger partial charge in [0.25, 0.3) is 0 Å². The molecule has 31 heavy (non-hydrogen) atoms. The number of hydrogen-bond donors (Lipinski definition) is 7. The normalized spacial score (nSPS) is 15.0. The van der Waals surface area contributed by atoms with Crippen LogP contribution in [0.25, 0.3) is 0 Å². The van der Waals surface area contributed by atoms with Crippen molar-refractivity contribution in [3.8, 4) is 0 Å². The van der Waals surface area contributed by atoms with Crippen LogP contribution < -0.4 is 21.7 Å². The molecule has 0 radical (unpaired) electrons. The van der Waals surface area contributed by atoms with Gasteiger partial charge in [0.05, 0.1) is 6.04 Å². The molecule has 11 nitrogen and oxygen atoms in total. The Hall–Kier alpha value is -2.34. The molecule has 0 aliphatic heterocycles. The van der Waals surface area contributed by atoms with Crippen molar-refractivity contribution in [2.24, 2.45) is 17.6 Å². The summed E-state index contributed by atoms with van der Waals surface area (Å²) >= 11 is 4.04. The van der Waals surface area contributed by atoms with E-state index in [2.05, 4.69) is 28.6 Å². The summed E-state index contributed by atoms with van der Waals surface area (Å²) in [5.41, 5.74) is 5.64. The predicted octanol–water partition coefficient (Wildman–Crippen LogP) is -0.651. The first-order chi connectivity index (χ1) is 14.3. The molecule has 0 bridgehead atoms. The summed E-state index contributed by atoms with van der Waals surface area (Å²) in [5, 5.41) is 25.3. The summed E-state index contributed by atoms with van der Waals surface area (Å²) in [7, 11) is 0. The van der Waals surface area contributed by atoms with Crippen LogP contribution in [0.3, 0.4) is 0 Å². The Balaban J connectivity index is 5.14. The van der Waals surface area contributed by atoms with Crippen LogP contribution in [-0.2, 0) is 24.0 Å². The van der Waals surface area contributed by atoms with E-state index >= 15 is 0 Å². The lowest BCUT2D eigenvalue weighted by Crippen LogP contribution is -2.59. The number of carbonyl (C=O) groups excluding carboxylic acids is 3. The van der Waals surface area contributed by atoms with Crippen molar-refractivity contribution in [1.82, 2.24) is 16.0 Å². The molecule has 4 atom stereocenters. The molecule has 0 aromatic rings. The Morgan fingerprint density at radius 3 is 1.84 bits per heavy atom. The Morgan fingerprint density at radius 2 is 1.42 bits per heavy atom. The molecule has 0 aliphatic carbocycles. The van der Waals surface area contributed by atoms with Gasteiger partial charge in [-0.05, 0) is 24.7 Å². The van der Waals surface area contributed by atoms with Gasteiger partial charge in [-0.3, -0.25) is 19.2 Å². The zero-order valence-corrected chi connectivity index (χ0v) is 19.1. The van der Waals surface area contributed by atoms with Gasteiger partial charge in [-0.1, -0.05) is 27.7 Å². The highest BCUT2D eigenvalue weighted by molar-refractivity contribution is 7.80. The molecule has 3 amide bonds. The molecule has 0 aromatic heterocycles. The largest absolute Gasteiger partial charge is 0.481 e. The fourth-order valence-electron chi connectivity index (χ4n) is 2.63. The lowest BCUT2D eigenvalue weighted by atomic mass is 10.00. The molecule has 0 fully saturated rings. The SMILES string of the molecule is CC(C)CC(NC(=O)C(NC(=O)C(CS)NC(=O)C(N)CCC(=O)O)C(C)C)C(=O)O. The molecular weight excluding hydrogens is 428 g/mol. The van der Waals surface area contributed by atoms with Crippen molar-refractivity contribution in [3.05, 3.63) is 0 Å². The molecule has 0 spiro atoms. The third-order valence-electron chi connectivity index (χ3n) is 4.39. The fourth-order valence-corrected chi connectivity index (χ4v) is 2.88. The molecule has 4 unspecified atom stereocenters. The molecule has 0 aliphatic rings. The summed E-state index contributed by atoms with van der Waals surface area (Å²) < 4.78 is 0. The molecule has 0 aromatic carbocycles. The number of carboxylic acid groups (broad SMARTS) is 2. The number of carbonyl (C=O) groups is 5. The summed E-state index contributed by atoms with van der Waals surface area (Å²) in [6, 6.07) is -4.38. The van der Waals surface area contributed by atoms with E-state index in [9.17, 15) is 29.1 Å². The van der Waals surface area contributed by atoms with Crippen LogP contribution in [0.4, 0.5) is 0 Å². The van der Waals surface area contributed by atoms with Crippen molar-refractivity contribution in [1.29, 1.82) is 0 Å². The first-order valence-electron chi connectivity index (χ1n) is 10.0. The van der Waals surface area contributed by atoms with Crippen LogP contribution in [0, 0.1) is 11.8 Å². The second-order valence-corrected chi connectivity index (χ2v) is 8.41. The number of aliphatic carboxylic acids is 2. The zero-order valence-electron chi connectivity index (χ0n) is 18.3. The maximum absolute atomic E-state index is 12.6. The maximum Gasteiger partial charge on any atom is 0.326 e. The quantitative estimate of drug-likeness (QED) is 0.166. The van der Waals surface area contributed by atoms with Crippen molar-refractivity contribution in [2.45, 2.75) is 71.1 Å². The minimum Gasteiger partial charge on any atom is -0.481 e. The number of nitrogens with one attached hydrogen (secondary N) is 3. The summed E-state index contributed by atoms with van der Waals surface area (Å²) in [4.78, 5) is 59.4. The van der Waals surface area contributed by atoms with Crippen molar-refractivity contribution < 1.29 is 34.2 Å². The van der Waals surface area contributed by atoms with Gasteiger partial charge in [0.15, 0.2) is 0 Å². The molecule has 12 heteroatoms. The Bertz CT molecular complexity index is 657. The van der Waals surface area contributed by atoms with Crippen LogP contribution in [0.1, 0.15) is 47.0 Å². The van der Waals surface area contributed by atoms with E-state index in [4.69, 9.17) is 10.8 Å². The van der Waals surface area contributed by atoms with Crippen LogP contribution in [0.5, 0.6) is 0 Å². The van der Waals surface area contributed by atoms with Crippen molar-refractivity contribution in [2.75, 3.05) is 5.75 Å². The van der Waals surface area contributed by atoms with E-state index in [0.29, 0.717) is 0 Å². The van der Waals surface area contributed by atoms with Crippen LogP contribution in [-0.4, -0.2) is 69.8 Å². The van der Waals surface area contributed by atoms with Crippen LogP contribution in [0.2, 0.25) is 0 Å². The van der Waals surface area contributed by atoms with Crippen molar-refractivity contribution in [3.63, 3.8) is 0 Å². The fraction of sp³-hybridized carbons (Fsp3) is 0.737. The number of rotatable bonds is 14. The first kappa shape index (κ1) is 28.7. The summed E-state index contributed by atoms with van der Waals surface area (Å²) in [5.74, 6) is -4.78. The Labute approximate surface area is 187 Å². The third-order valence-corrected chi connectivity index (χ3v) is 4.76. The highest BCUT2D eigenvalue weighted by Gasteiger charge is 2.31. The van der Waals surface area contributed by atoms with E-state index in [1.165, 1.54) is 0 Å². The molecule has 0 saturated carbocycles. The molecule has 0 saturated heterocycles. The Kier molecular flexibility index (Phi) is 12.8. The molecule has 0 heterocycles. The molecular formula is C19H34N4O7S. The van der Waals surface area contributed by atoms with Crippen LogP contribution >= 0.6 is 12.6 Å². The third kappa shape index (κ3) is 11.0. The van der Waals surface area contributed by atoms with Gasteiger partial charge < -0.3 is 31.9 Å². The average Bonchev–Trinajstić information content (AvgIpc) is 2.66.